The van der Waals surface area contributed by atoms with Crippen LogP contribution in [0.2, 0.25) is 5.02 Å². The molecule has 45 heavy (non-hydrogen) atoms. The third-order valence-electron chi connectivity index (χ3n) is 7.49. The van der Waals surface area contributed by atoms with Crippen LogP contribution in [0.3, 0.4) is 0 Å². The molecule has 2 N–H and O–H groups in total. The van der Waals surface area contributed by atoms with Gasteiger partial charge in [-0.2, -0.15) is 0 Å². The number of aliphatic hydroxyl groups excluding tert-OH is 1. The van der Waals surface area contributed by atoms with Crippen LogP contribution < -0.4 is 10.1 Å². The summed E-state index contributed by atoms with van der Waals surface area (Å²) in [6, 6.07) is 29.7. The number of aliphatic hydroxyl groups is 1. The molecule has 9 nitrogen and oxygen atoms in total. The van der Waals surface area contributed by atoms with Gasteiger partial charge in [0.05, 0.1) is 13.2 Å². The molecule has 0 radical (unpaired) electrons. The number of carbonyl (C=O) groups is 1. The van der Waals surface area contributed by atoms with Crippen LogP contribution in [0, 0.1) is 0 Å². The van der Waals surface area contributed by atoms with Crippen LogP contribution in [0.5, 0.6) is 5.75 Å². The van der Waals surface area contributed by atoms with Crippen LogP contribution in [-0.2, 0) is 29.0 Å². The fourth-order valence-corrected chi connectivity index (χ4v) is 5.83. The zero-order valence-electron chi connectivity index (χ0n) is 24.3. The van der Waals surface area contributed by atoms with Crippen LogP contribution in [0.15, 0.2) is 112 Å². The number of benzene rings is 4. The lowest BCUT2D eigenvalue weighted by Crippen LogP contribution is -2.50. The third-order valence-corrected chi connectivity index (χ3v) is 8.63. The zero-order chi connectivity index (χ0) is 31.6. The quantitative estimate of drug-likeness (QED) is 0.0653. The van der Waals surface area contributed by atoms with Crippen LogP contribution in [0.1, 0.15) is 40.3 Å². The van der Waals surface area contributed by atoms with Gasteiger partial charge in [0.2, 0.25) is 5.90 Å². The molecule has 11 heteroatoms. The number of hydrogen-bond donors (Lipinski definition) is 2. The number of azide groups is 1. The molecule has 1 aliphatic rings. The fourth-order valence-electron chi connectivity index (χ4n) is 5.20. The van der Waals surface area contributed by atoms with Gasteiger partial charge in [0.1, 0.15) is 5.75 Å². The number of nitrogens with one attached hydrogen (secondary N) is 1. The second kappa shape index (κ2) is 15.1. The maximum absolute atomic E-state index is 14.6. The van der Waals surface area contributed by atoms with E-state index in [9.17, 15) is 4.79 Å². The van der Waals surface area contributed by atoms with Crippen molar-refractivity contribution in [1.29, 1.82) is 0 Å². The number of rotatable bonds is 13. The first kappa shape index (κ1) is 32.1. The minimum absolute atomic E-state index is 0.0451. The largest absolute Gasteiger partial charge is 0.494 e. The fraction of sp³-hybridized carbons (Fsp3) is 0.235. The summed E-state index contributed by atoms with van der Waals surface area (Å²) in [5.41, 5.74) is 11.3. The molecule has 0 unspecified atom stereocenters. The number of amides is 1. The number of aliphatic imine (C=N–C) groups is 1. The van der Waals surface area contributed by atoms with Crippen molar-refractivity contribution in [2.75, 3.05) is 13.2 Å². The first-order chi connectivity index (χ1) is 21.9. The van der Waals surface area contributed by atoms with E-state index in [1.807, 2.05) is 78.9 Å². The van der Waals surface area contributed by atoms with E-state index >= 15 is 0 Å². The Kier molecular flexibility index (Phi) is 10.8. The number of nitrogens with zero attached hydrogens (tertiary/aromatic N) is 4. The highest BCUT2D eigenvalue weighted by Crippen LogP contribution is 2.44. The summed E-state index contributed by atoms with van der Waals surface area (Å²) < 4.78 is 13.2. The summed E-state index contributed by atoms with van der Waals surface area (Å²) in [6.45, 7) is 0.698. The Hall–Kier alpha value is -4.34. The molecule has 0 spiro atoms. The third kappa shape index (κ3) is 7.49. The molecule has 0 aliphatic carbocycles. The molecule has 4 aromatic carbocycles. The predicted molar refractivity (Wildman–Crippen MR) is 177 cm³/mol. The molecule has 0 bridgehead atoms. The van der Waals surface area contributed by atoms with Gasteiger partial charge in [-0.15, -0.1) is 0 Å². The maximum atomic E-state index is 14.6. The van der Waals surface area contributed by atoms with Crippen molar-refractivity contribution < 1.29 is 19.4 Å². The molecule has 2 atom stereocenters. The van der Waals surface area contributed by atoms with Crippen molar-refractivity contribution in [1.82, 2.24) is 5.32 Å². The van der Waals surface area contributed by atoms with Crippen molar-refractivity contribution in [3.8, 4) is 5.75 Å². The summed E-state index contributed by atoms with van der Waals surface area (Å²) in [5.74, 6) is 0.583. The maximum Gasteiger partial charge on any atom is 0.252 e. The molecule has 4 aromatic rings. The Morgan fingerprint density at radius 2 is 1.71 bits per heavy atom. The Bertz CT molecular complexity index is 1730. The van der Waals surface area contributed by atoms with Crippen molar-refractivity contribution in [2.24, 2.45) is 10.1 Å². The van der Waals surface area contributed by atoms with Crippen LogP contribution in [-0.4, -0.2) is 35.7 Å². The van der Waals surface area contributed by atoms with Crippen LogP contribution in [0.25, 0.3) is 10.4 Å². The summed E-state index contributed by atoms with van der Waals surface area (Å²) in [4.78, 5) is 22.6. The summed E-state index contributed by atoms with van der Waals surface area (Å²) in [7, 11) is 0. The van der Waals surface area contributed by atoms with Gasteiger partial charge in [-0.3, -0.25) is 4.79 Å². The zero-order valence-corrected chi connectivity index (χ0v) is 26.6. The first-order valence-electron chi connectivity index (χ1n) is 14.4. The lowest BCUT2D eigenvalue weighted by atomic mass is 9.80. The van der Waals surface area contributed by atoms with Crippen molar-refractivity contribution in [3.63, 3.8) is 0 Å². The molecule has 1 amide bonds. The Morgan fingerprint density at radius 1 is 1.02 bits per heavy atom. The minimum Gasteiger partial charge on any atom is -0.494 e. The average molecular weight is 689 g/mol. The van der Waals surface area contributed by atoms with Gasteiger partial charge in [0, 0.05) is 46.0 Å². The van der Waals surface area contributed by atoms with E-state index in [4.69, 9.17) is 36.7 Å². The molecular formula is C34H31BrClN5O4. The van der Waals surface area contributed by atoms with Gasteiger partial charge in [0.25, 0.3) is 5.91 Å². The molecule has 0 saturated heterocycles. The Balaban J connectivity index is 1.62. The summed E-state index contributed by atoms with van der Waals surface area (Å²) >= 11 is 10.1. The highest BCUT2D eigenvalue weighted by molar-refractivity contribution is 9.10. The van der Waals surface area contributed by atoms with E-state index in [1.54, 1.807) is 18.2 Å². The van der Waals surface area contributed by atoms with E-state index in [2.05, 4.69) is 31.3 Å². The SMILES string of the molecule is [N-]=[N+]=NCc1ccccc1[C@H]1OC(c2ccc(OCCCO)cc2)=N[C@@]1(Cc1ccccc1Br)C(=O)NCc1ccccc1Cl. The Morgan fingerprint density at radius 3 is 2.42 bits per heavy atom. The number of carbonyl (C=O) groups excluding carboxylic acids is 1. The lowest BCUT2D eigenvalue weighted by molar-refractivity contribution is -0.129. The molecular weight excluding hydrogens is 658 g/mol. The van der Waals surface area contributed by atoms with E-state index < -0.39 is 11.6 Å². The number of halogens is 2. The molecule has 0 saturated carbocycles. The van der Waals surface area contributed by atoms with Crippen LogP contribution in [0.4, 0.5) is 0 Å². The van der Waals surface area contributed by atoms with Gasteiger partial charge in [-0.05, 0) is 64.2 Å². The molecule has 230 valence electrons. The molecule has 0 aromatic heterocycles. The highest BCUT2D eigenvalue weighted by Gasteiger charge is 2.54. The van der Waals surface area contributed by atoms with Crippen LogP contribution >= 0.6 is 27.5 Å². The van der Waals surface area contributed by atoms with Crippen molar-refractivity contribution in [2.45, 2.75) is 37.6 Å². The first-order valence-corrected chi connectivity index (χ1v) is 15.6. The topological polar surface area (TPSA) is 129 Å². The van der Waals surface area contributed by atoms with E-state index in [-0.39, 0.29) is 32.0 Å². The lowest BCUT2D eigenvalue weighted by Gasteiger charge is -2.32. The molecule has 5 rings (SSSR count). The standard InChI is InChI=1S/C34H31BrClN5O4/c35-29-12-5-2-8-24(29)20-34(33(43)38-21-26-10-3-6-13-30(26)36)31(28-11-4-1-9-25(28)22-39-41-37)45-32(40-34)23-14-16-27(17-15-23)44-19-7-18-42/h1-6,8-17,31,42H,7,18-22H2,(H,38,43)/t31-,34-/m1/s1. The highest BCUT2D eigenvalue weighted by atomic mass is 79.9. The van der Waals surface area contributed by atoms with Gasteiger partial charge >= 0.3 is 0 Å². The van der Waals surface area contributed by atoms with Gasteiger partial charge in [-0.25, -0.2) is 4.99 Å². The molecule has 1 aliphatic heterocycles. The van der Waals surface area contributed by atoms with Gasteiger partial charge < -0.3 is 19.9 Å². The van der Waals surface area contributed by atoms with Crippen molar-refractivity contribution in [3.05, 3.63) is 145 Å². The summed E-state index contributed by atoms with van der Waals surface area (Å²) in [6.07, 6.45) is -0.138. The summed E-state index contributed by atoms with van der Waals surface area (Å²) in [5, 5.41) is 16.5. The smallest absolute Gasteiger partial charge is 0.252 e. The number of hydrogen-bond acceptors (Lipinski definition) is 6. The second-order valence-corrected chi connectivity index (χ2v) is 11.7. The van der Waals surface area contributed by atoms with E-state index in [0.29, 0.717) is 40.8 Å². The van der Waals surface area contributed by atoms with Crippen molar-refractivity contribution >= 4 is 39.3 Å². The number of ether oxygens (including phenoxy) is 2. The molecule has 0 fully saturated rings. The van der Waals surface area contributed by atoms with E-state index in [0.717, 1.165) is 21.2 Å². The Labute approximate surface area is 274 Å². The van der Waals surface area contributed by atoms with Gasteiger partial charge in [-0.1, -0.05) is 93.3 Å². The monoisotopic (exact) mass is 687 g/mol. The predicted octanol–water partition coefficient (Wildman–Crippen LogP) is 7.49. The average Bonchev–Trinajstić information content (AvgIpc) is 3.45. The second-order valence-electron chi connectivity index (χ2n) is 10.4. The van der Waals surface area contributed by atoms with Gasteiger partial charge in [0.15, 0.2) is 11.6 Å². The minimum atomic E-state index is -1.46. The molecule has 1 heterocycles. The van der Waals surface area contributed by atoms with E-state index in [1.165, 1.54) is 0 Å². The normalized spacial score (nSPS) is 17.1.